The number of rotatable bonds is 1. The lowest BCUT2D eigenvalue weighted by molar-refractivity contribution is 0.160. The second kappa shape index (κ2) is 4.87. The zero-order valence-electron chi connectivity index (χ0n) is 11.1. The van der Waals surface area contributed by atoms with Crippen LogP contribution in [0.25, 0.3) is 0 Å². The van der Waals surface area contributed by atoms with Gasteiger partial charge in [-0.1, -0.05) is 6.07 Å². The molecule has 104 valence electrons. The summed E-state index contributed by atoms with van der Waals surface area (Å²) in [7, 11) is 0. The summed E-state index contributed by atoms with van der Waals surface area (Å²) >= 11 is 0. The van der Waals surface area contributed by atoms with Crippen molar-refractivity contribution in [3.63, 3.8) is 0 Å². The number of fused-ring (bicyclic) bond motifs is 1. The highest BCUT2D eigenvalue weighted by molar-refractivity contribution is 5.40. The van der Waals surface area contributed by atoms with Crippen molar-refractivity contribution in [1.29, 1.82) is 0 Å². The van der Waals surface area contributed by atoms with Crippen LogP contribution in [0.15, 0.2) is 36.4 Å². The zero-order valence-corrected chi connectivity index (χ0v) is 11.1. The van der Waals surface area contributed by atoms with Crippen LogP contribution < -0.4 is 10.5 Å². The van der Waals surface area contributed by atoms with Crippen LogP contribution in [0.2, 0.25) is 0 Å². The summed E-state index contributed by atoms with van der Waals surface area (Å²) in [6, 6.07) is 8.61. The zero-order chi connectivity index (χ0) is 14.3. The first kappa shape index (κ1) is 13.1. The third kappa shape index (κ3) is 2.27. The first-order valence-electron chi connectivity index (χ1n) is 6.52. The van der Waals surface area contributed by atoms with Crippen LogP contribution in [0.3, 0.4) is 0 Å². The normalized spacial score (nSPS) is 21.2. The fraction of sp³-hybridized carbons (Fsp3) is 0.250. The van der Waals surface area contributed by atoms with Crippen LogP contribution in [0, 0.1) is 18.6 Å². The van der Waals surface area contributed by atoms with E-state index in [9.17, 15) is 8.78 Å². The van der Waals surface area contributed by atoms with Crippen LogP contribution in [0.4, 0.5) is 8.78 Å². The second-order valence-electron chi connectivity index (χ2n) is 5.13. The van der Waals surface area contributed by atoms with E-state index in [2.05, 4.69) is 0 Å². The van der Waals surface area contributed by atoms with Gasteiger partial charge in [0.1, 0.15) is 23.5 Å². The summed E-state index contributed by atoms with van der Waals surface area (Å²) in [5.74, 6) is -0.0605. The number of ether oxygens (including phenoxy) is 1. The van der Waals surface area contributed by atoms with Gasteiger partial charge in [-0.3, -0.25) is 0 Å². The molecule has 4 heteroatoms. The van der Waals surface area contributed by atoms with Gasteiger partial charge >= 0.3 is 0 Å². The highest BCUT2D eigenvalue weighted by Gasteiger charge is 2.28. The van der Waals surface area contributed by atoms with Crippen LogP contribution >= 0.6 is 0 Å². The molecule has 3 rings (SSSR count). The Morgan fingerprint density at radius 1 is 1.05 bits per heavy atom. The van der Waals surface area contributed by atoms with Crippen LogP contribution in [-0.2, 0) is 0 Å². The Kier molecular flexibility index (Phi) is 3.18. The van der Waals surface area contributed by atoms with E-state index >= 15 is 0 Å². The summed E-state index contributed by atoms with van der Waals surface area (Å²) in [4.78, 5) is 0. The molecule has 1 aliphatic heterocycles. The Morgan fingerprint density at radius 3 is 2.45 bits per heavy atom. The maximum Gasteiger partial charge on any atom is 0.126 e. The highest BCUT2D eigenvalue weighted by atomic mass is 19.1. The molecule has 0 spiro atoms. The van der Waals surface area contributed by atoms with Crippen molar-refractivity contribution in [3.05, 3.63) is 64.7 Å². The quantitative estimate of drug-likeness (QED) is 0.859. The minimum atomic E-state index is -0.330. The van der Waals surface area contributed by atoms with E-state index < -0.39 is 0 Å². The molecule has 0 fully saturated rings. The van der Waals surface area contributed by atoms with Crippen molar-refractivity contribution in [2.24, 2.45) is 5.73 Å². The van der Waals surface area contributed by atoms with Gasteiger partial charge in [-0.05, 0) is 48.4 Å². The molecule has 0 aromatic heterocycles. The average molecular weight is 275 g/mol. The molecular formula is C16H15F2NO. The third-order valence-corrected chi connectivity index (χ3v) is 3.70. The number of nitrogens with two attached hydrogens (primary N) is 1. The van der Waals surface area contributed by atoms with Gasteiger partial charge < -0.3 is 10.5 Å². The monoisotopic (exact) mass is 275 g/mol. The van der Waals surface area contributed by atoms with E-state index in [1.807, 2.05) is 6.92 Å². The second-order valence-corrected chi connectivity index (χ2v) is 5.13. The Morgan fingerprint density at radius 2 is 1.70 bits per heavy atom. The van der Waals surface area contributed by atoms with Gasteiger partial charge in [-0.25, -0.2) is 8.78 Å². The van der Waals surface area contributed by atoms with Crippen molar-refractivity contribution >= 4 is 0 Å². The van der Waals surface area contributed by atoms with Gasteiger partial charge in [0, 0.05) is 18.0 Å². The number of hydrogen-bond acceptors (Lipinski definition) is 2. The van der Waals surface area contributed by atoms with Crippen LogP contribution in [-0.4, -0.2) is 0 Å². The fourth-order valence-electron chi connectivity index (χ4n) is 2.62. The van der Waals surface area contributed by atoms with Crippen molar-refractivity contribution in [2.45, 2.75) is 25.5 Å². The molecule has 0 saturated carbocycles. The SMILES string of the molecule is Cc1ccc(F)cc1C1C[C@H](N)c2cc(F)ccc2O1. The number of hydrogen-bond donors (Lipinski definition) is 1. The van der Waals surface area contributed by atoms with E-state index in [0.29, 0.717) is 17.7 Å². The Hall–Kier alpha value is -1.94. The molecule has 2 atom stereocenters. The standard InChI is InChI=1S/C16H15F2NO/c1-9-2-3-10(17)6-12(9)16-8-14(19)13-7-11(18)4-5-15(13)20-16/h2-7,14,16H,8,19H2,1H3/t14-,16?/m0/s1. The minimum absolute atomic E-state index is 0.298. The highest BCUT2D eigenvalue weighted by Crippen LogP contribution is 2.40. The average Bonchev–Trinajstić information content (AvgIpc) is 2.42. The molecule has 2 aromatic carbocycles. The van der Waals surface area contributed by atoms with Crippen LogP contribution in [0.1, 0.15) is 35.3 Å². The van der Waals surface area contributed by atoms with Gasteiger partial charge in [0.15, 0.2) is 0 Å². The van der Waals surface area contributed by atoms with Crippen molar-refractivity contribution in [3.8, 4) is 5.75 Å². The van der Waals surface area contributed by atoms with E-state index in [1.165, 1.54) is 24.3 Å². The topological polar surface area (TPSA) is 35.2 Å². The van der Waals surface area contributed by atoms with Gasteiger partial charge in [0.05, 0.1) is 0 Å². The molecule has 1 unspecified atom stereocenters. The van der Waals surface area contributed by atoms with Crippen molar-refractivity contribution in [1.82, 2.24) is 0 Å². The molecule has 0 radical (unpaired) electrons. The molecule has 0 bridgehead atoms. The molecule has 1 aliphatic rings. The summed E-state index contributed by atoms with van der Waals surface area (Å²) in [5.41, 5.74) is 8.49. The predicted molar refractivity (Wildman–Crippen MR) is 72.5 cm³/mol. The number of aryl methyl sites for hydroxylation is 1. The minimum Gasteiger partial charge on any atom is -0.485 e. The maximum atomic E-state index is 13.4. The fourth-order valence-corrected chi connectivity index (χ4v) is 2.62. The van der Waals surface area contributed by atoms with E-state index in [1.54, 1.807) is 12.1 Å². The largest absolute Gasteiger partial charge is 0.485 e. The predicted octanol–water partition coefficient (Wildman–Crippen LogP) is 3.80. The molecule has 2 N–H and O–H groups in total. The molecule has 0 amide bonds. The number of benzene rings is 2. The lowest BCUT2D eigenvalue weighted by Crippen LogP contribution is -2.24. The Balaban J connectivity index is 1.99. The third-order valence-electron chi connectivity index (χ3n) is 3.70. The summed E-state index contributed by atoms with van der Waals surface area (Å²) < 4.78 is 32.5. The smallest absolute Gasteiger partial charge is 0.126 e. The summed E-state index contributed by atoms with van der Waals surface area (Å²) in [6.45, 7) is 1.91. The Bertz CT molecular complexity index is 657. The van der Waals surface area contributed by atoms with Gasteiger partial charge in [-0.2, -0.15) is 0 Å². The Labute approximate surface area is 116 Å². The van der Waals surface area contributed by atoms with Gasteiger partial charge in [-0.15, -0.1) is 0 Å². The van der Waals surface area contributed by atoms with E-state index in [-0.39, 0.29) is 23.8 Å². The summed E-state index contributed by atoms with van der Waals surface area (Å²) in [6.07, 6.45) is 0.194. The molecule has 2 nitrogen and oxygen atoms in total. The summed E-state index contributed by atoms with van der Waals surface area (Å²) in [5, 5.41) is 0. The molecule has 0 aliphatic carbocycles. The molecule has 2 aromatic rings. The van der Waals surface area contributed by atoms with E-state index in [0.717, 1.165) is 11.1 Å². The van der Waals surface area contributed by atoms with Crippen molar-refractivity contribution in [2.75, 3.05) is 0 Å². The molecule has 0 saturated heterocycles. The maximum absolute atomic E-state index is 13.4. The molecule has 20 heavy (non-hydrogen) atoms. The number of halogens is 2. The van der Waals surface area contributed by atoms with Crippen molar-refractivity contribution < 1.29 is 13.5 Å². The van der Waals surface area contributed by atoms with Gasteiger partial charge in [0.25, 0.3) is 0 Å². The molecule has 1 heterocycles. The molecular weight excluding hydrogens is 260 g/mol. The lowest BCUT2D eigenvalue weighted by Gasteiger charge is -2.31. The van der Waals surface area contributed by atoms with Crippen LogP contribution in [0.5, 0.6) is 5.75 Å². The first-order chi connectivity index (χ1) is 9.54. The van der Waals surface area contributed by atoms with E-state index in [4.69, 9.17) is 10.5 Å². The van der Waals surface area contributed by atoms with Gasteiger partial charge in [0.2, 0.25) is 0 Å². The lowest BCUT2D eigenvalue weighted by atomic mass is 9.91. The first-order valence-corrected chi connectivity index (χ1v) is 6.52.